The lowest BCUT2D eigenvalue weighted by molar-refractivity contribution is 0.0964. The van der Waals surface area contributed by atoms with Gasteiger partial charge in [0.05, 0.1) is 22.9 Å². The first-order chi connectivity index (χ1) is 9.11. The lowest BCUT2D eigenvalue weighted by atomic mass is 10.1. The highest BCUT2D eigenvalue weighted by molar-refractivity contribution is 6.31. The Balaban J connectivity index is 2.20. The molecule has 0 radical (unpaired) electrons. The lowest BCUT2D eigenvalue weighted by Gasteiger charge is -2.08. The molecule has 0 aliphatic heterocycles. The van der Waals surface area contributed by atoms with Crippen LogP contribution in [0.5, 0.6) is 5.75 Å². The van der Waals surface area contributed by atoms with Crippen LogP contribution in [0, 0.1) is 6.92 Å². The second-order valence-electron chi connectivity index (χ2n) is 4.11. The molecular formula is C14H15ClN2O2. The molecule has 2 rings (SSSR count). The molecule has 0 N–H and O–H groups in total. The molecule has 4 nitrogen and oxygen atoms in total. The summed E-state index contributed by atoms with van der Waals surface area (Å²) in [5.41, 5.74) is 1.28. The molecule has 0 aliphatic carbocycles. The Labute approximate surface area is 116 Å². The summed E-state index contributed by atoms with van der Waals surface area (Å²) in [4.78, 5) is 12.2. The van der Waals surface area contributed by atoms with E-state index in [0.29, 0.717) is 28.6 Å². The maximum absolute atomic E-state index is 12.2. The number of aryl methyl sites for hydroxylation is 1. The number of para-hydroxylation sites is 1. The number of carbonyl (C=O) groups is 1. The van der Waals surface area contributed by atoms with E-state index in [-0.39, 0.29) is 12.3 Å². The topological polar surface area (TPSA) is 44.1 Å². The number of rotatable bonds is 5. The summed E-state index contributed by atoms with van der Waals surface area (Å²) in [5, 5.41) is 4.74. The van der Waals surface area contributed by atoms with Crippen molar-refractivity contribution in [2.24, 2.45) is 0 Å². The number of nitrogens with zero attached hydrogens (tertiary/aromatic N) is 2. The van der Waals surface area contributed by atoms with E-state index in [1.807, 2.05) is 19.1 Å². The van der Waals surface area contributed by atoms with Crippen molar-refractivity contribution in [3.8, 4) is 5.75 Å². The van der Waals surface area contributed by atoms with Crippen molar-refractivity contribution in [1.29, 1.82) is 0 Å². The Morgan fingerprint density at radius 1 is 1.42 bits per heavy atom. The van der Waals surface area contributed by atoms with Gasteiger partial charge in [0.25, 0.3) is 0 Å². The van der Waals surface area contributed by atoms with Crippen LogP contribution in [0.3, 0.4) is 0 Å². The second kappa shape index (κ2) is 5.89. The van der Waals surface area contributed by atoms with Gasteiger partial charge in [-0.1, -0.05) is 23.7 Å². The summed E-state index contributed by atoms with van der Waals surface area (Å²) < 4.78 is 6.99. The van der Waals surface area contributed by atoms with E-state index in [9.17, 15) is 4.79 Å². The zero-order valence-electron chi connectivity index (χ0n) is 10.9. The van der Waals surface area contributed by atoms with Gasteiger partial charge in [0.2, 0.25) is 0 Å². The number of hydrogen-bond acceptors (Lipinski definition) is 3. The normalized spacial score (nSPS) is 10.5. The smallest absolute Gasteiger partial charge is 0.187 e. The number of benzene rings is 1. The van der Waals surface area contributed by atoms with Crippen LogP contribution in [0.4, 0.5) is 0 Å². The van der Waals surface area contributed by atoms with Crippen molar-refractivity contribution >= 4 is 17.4 Å². The maximum atomic E-state index is 12.2. The highest BCUT2D eigenvalue weighted by Gasteiger charge is 2.13. The monoisotopic (exact) mass is 278 g/mol. The Morgan fingerprint density at radius 3 is 2.79 bits per heavy atom. The van der Waals surface area contributed by atoms with Gasteiger partial charge in [0, 0.05) is 6.20 Å². The molecule has 0 bridgehead atoms. The quantitative estimate of drug-likeness (QED) is 0.789. The highest BCUT2D eigenvalue weighted by Crippen LogP contribution is 2.19. The van der Waals surface area contributed by atoms with E-state index < -0.39 is 0 Å². The summed E-state index contributed by atoms with van der Waals surface area (Å²) in [6.45, 7) is 4.37. The average molecular weight is 279 g/mol. The molecule has 0 saturated heterocycles. The first-order valence-corrected chi connectivity index (χ1v) is 6.44. The Morgan fingerprint density at radius 2 is 2.16 bits per heavy atom. The van der Waals surface area contributed by atoms with Gasteiger partial charge in [-0.3, -0.25) is 9.48 Å². The molecule has 0 saturated carbocycles. The van der Waals surface area contributed by atoms with Crippen LogP contribution in [-0.2, 0) is 6.54 Å². The number of Topliss-reactive ketones (excluding diaryl/α,β-unsaturated/α-hetero) is 1. The molecule has 0 amide bonds. The van der Waals surface area contributed by atoms with Crippen molar-refractivity contribution in [1.82, 2.24) is 9.78 Å². The molecule has 0 atom stereocenters. The molecule has 100 valence electrons. The molecule has 0 aliphatic rings. The molecule has 0 unspecified atom stereocenters. The van der Waals surface area contributed by atoms with Gasteiger partial charge in [-0.15, -0.1) is 0 Å². The fraction of sp³-hybridized carbons (Fsp3) is 0.286. The van der Waals surface area contributed by atoms with Crippen molar-refractivity contribution in [3.63, 3.8) is 0 Å². The zero-order chi connectivity index (χ0) is 13.8. The summed E-state index contributed by atoms with van der Waals surface area (Å²) in [7, 11) is 0. The third-order valence-corrected chi connectivity index (χ3v) is 3.05. The maximum Gasteiger partial charge on any atom is 0.187 e. The summed E-state index contributed by atoms with van der Waals surface area (Å²) >= 11 is 5.92. The number of ether oxygens (including phenoxy) is 1. The zero-order valence-corrected chi connectivity index (χ0v) is 11.6. The average Bonchev–Trinajstić information content (AvgIpc) is 2.69. The molecule has 1 heterocycles. The minimum absolute atomic E-state index is 0.0526. The van der Waals surface area contributed by atoms with Gasteiger partial charge in [-0.05, 0) is 26.0 Å². The first-order valence-electron chi connectivity index (χ1n) is 6.06. The summed E-state index contributed by atoms with van der Waals surface area (Å²) in [6, 6.07) is 7.21. The summed E-state index contributed by atoms with van der Waals surface area (Å²) in [5.74, 6) is 0.549. The molecule has 0 fully saturated rings. The van der Waals surface area contributed by atoms with E-state index in [0.717, 1.165) is 0 Å². The van der Waals surface area contributed by atoms with Crippen LogP contribution in [0.25, 0.3) is 0 Å². The number of ketones is 1. The number of halogens is 1. The minimum Gasteiger partial charge on any atom is -0.493 e. The van der Waals surface area contributed by atoms with Crippen LogP contribution >= 0.6 is 11.6 Å². The number of hydrogen-bond donors (Lipinski definition) is 0. The van der Waals surface area contributed by atoms with Crippen molar-refractivity contribution in [2.75, 3.05) is 6.61 Å². The third-order valence-electron chi connectivity index (χ3n) is 2.68. The molecule has 0 spiro atoms. The van der Waals surface area contributed by atoms with Gasteiger partial charge < -0.3 is 4.74 Å². The predicted octanol–water partition coefficient (Wildman–Crippen LogP) is 3.13. The van der Waals surface area contributed by atoms with Gasteiger partial charge in [0.15, 0.2) is 5.78 Å². The van der Waals surface area contributed by atoms with Crippen LogP contribution < -0.4 is 4.74 Å². The SMILES string of the molecule is CCOc1ccccc1C(=O)Cn1cc(Cl)c(C)n1. The van der Waals surface area contributed by atoms with Crippen molar-refractivity contribution in [2.45, 2.75) is 20.4 Å². The second-order valence-corrected chi connectivity index (χ2v) is 4.52. The fourth-order valence-corrected chi connectivity index (χ4v) is 1.94. The molecule has 1 aromatic heterocycles. The lowest BCUT2D eigenvalue weighted by Crippen LogP contribution is -2.12. The molecule has 5 heteroatoms. The predicted molar refractivity (Wildman–Crippen MR) is 73.9 cm³/mol. The number of carbonyl (C=O) groups excluding carboxylic acids is 1. The van der Waals surface area contributed by atoms with E-state index >= 15 is 0 Å². The molecule has 1 aromatic carbocycles. The van der Waals surface area contributed by atoms with Gasteiger partial charge in [0.1, 0.15) is 12.3 Å². The Hall–Kier alpha value is -1.81. The van der Waals surface area contributed by atoms with E-state index in [1.165, 1.54) is 0 Å². The number of aromatic nitrogens is 2. The Kier molecular flexibility index (Phi) is 4.22. The van der Waals surface area contributed by atoms with Crippen molar-refractivity contribution < 1.29 is 9.53 Å². The van der Waals surface area contributed by atoms with Crippen LogP contribution in [-0.4, -0.2) is 22.2 Å². The molecule has 19 heavy (non-hydrogen) atoms. The fourth-order valence-electron chi connectivity index (χ4n) is 1.79. The van der Waals surface area contributed by atoms with E-state index in [2.05, 4.69) is 5.10 Å². The van der Waals surface area contributed by atoms with Crippen LogP contribution in [0.1, 0.15) is 23.0 Å². The first kappa shape index (κ1) is 13.6. The summed E-state index contributed by atoms with van der Waals surface area (Å²) in [6.07, 6.45) is 1.65. The highest BCUT2D eigenvalue weighted by atomic mass is 35.5. The third kappa shape index (κ3) is 3.15. The van der Waals surface area contributed by atoms with Gasteiger partial charge >= 0.3 is 0 Å². The van der Waals surface area contributed by atoms with Gasteiger partial charge in [-0.2, -0.15) is 5.10 Å². The standard InChI is InChI=1S/C14H15ClN2O2/c1-3-19-14-7-5-4-6-11(14)13(18)9-17-8-12(15)10(2)16-17/h4-8H,3,9H2,1-2H3. The Bertz CT molecular complexity index is 573. The van der Waals surface area contributed by atoms with Crippen LogP contribution in [0.15, 0.2) is 30.5 Å². The van der Waals surface area contributed by atoms with Crippen LogP contribution in [0.2, 0.25) is 5.02 Å². The van der Waals surface area contributed by atoms with E-state index in [1.54, 1.807) is 29.9 Å². The van der Waals surface area contributed by atoms with E-state index in [4.69, 9.17) is 16.3 Å². The van der Waals surface area contributed by atoms with Crippen molar-refractivity contribution in [3.05, 3.63) is 46.7 Å². The van der Waals surface area contributed by atoms with Gasteiger partial charge in [-0.25, -0.2) is 0 Å². The molecular weight excluding hydrogens is 264 g/mol. The minimum atomic E-state index is -0.0526. The molecule has 2 aromatic rings. The largest absolute Gasteiger partial charge is 0.493 e.